The van der Waals surface area contributed by atoms with Crippen LogP contribution in [0.25, 0.3) is 0 Å². The van der Waals surface area contributed by atoms with Crippen molar-refractivity contribution >= 4 is 0 Å². The van der Waals surface area contributed by atoms with Gasteiger partial charge in [0.2, 0.25) is 0 Å². The van der Waals surface area contributed by atoms with Crippen LogP contribution in [0.4, 0.5) is 0 Å². The second kappa shape index (κ2) is 7.15. The molecule has 0 N–H and O–H groups in total. The molecule has 2 rings (SSSR count). The molecule has 0 bridgehead atoms. The fraction of sp³-hybridized carbons (Fsp3) is 0.600. The summed E-state index contributed by atoms with van der Waals surface area (Å²) in [4.78, 5) is 0. The monoisotopic (exact) mass is 286 g/mol. The Kier molecular flexibility index (Phi) is 5.50. The first-order chi connectivity index (χ1) is 9.99. The van der Waals surface area contributed by atoms with Gasteiger partial charge in [-0.1, -0.05) is 37.6 Å². The normalized spacial score (nSPS) is 22.5. The molecule has 1 aromatic rings. The van der Waals surface area contributed by atoms with Crippen molar-refractivity contribution in [2.75, 3.05) is 0 Å². The molecule has 1 aromatic heterocycles. The maximum Gasteiger partial charge on any atom is 0.0934 e. The van der Waals surface area contributed by atoms with Gasteiger partial charge in [-0.05, 0) is 74.8 Å². The van der Waals surface area contributed by atoms with Gasteiger partial charge in [0.25, 0.3) is 0 Å². The molecule has 116 valence electrons. The van der Waals surface area contributed by atoms with Crippen molar-refractivity contribution in [2.45, 2.75) is 65.7 Å². The average molecular weight is 286 g/mol. The van der Waals surface area contributed by atoms with E-state index in [0.717, 1.165) is 12.8 Å². The Morgan fingerprint density at radius 1 is 1.48 bits per heavy atom. The summed E-state index contributed by atoms with van der Waals surface area (Å²) >= 11 is 0. The lowest BCUT2D eigenvalue weighted by Crippen LogP contribution is -2.29. The van der Waals surface area contributed by atoms with E-state index in [-0.39, 0.29) is 0 Å². The molecule has 21 heavy (non-hydrogen) atoms. The van der Waals surface area contributed by atoms with Crippen molar-refractivity contribution < 1.29 is 4.42 Å². The van der Waals surface area contributed by atoms with Crippen LogP contribution in [0, 0.1) is 11.3 Å². The Balaban J connectivity index is 1.79. The first kappa shape index (κ1) is 16.1. The molecule has 1 saturated carbocycles. The molecule has 0 aliphatic heterocycles. The van der Waals surface area contributed by atoms with Gasteiger partial charge in [-0.25, -0.2) is 0 Å². The molecule has 1 aliphatic rings. The zero-order valence-corrected chi connectivity index (χ0v) is 14.0. The Hall–Kier alpha value is -1.24. The van der Waals surface area contributed by atoms with Gasteiger partial charge in [0.15, 0.2) is 0 Å². The van der Waals surface area contributed by atoms with Crippen LogP contribution in [0.5, 0.6) is 0 Å². The van der Waals surface area contributed by atoms with Gasteiger partial charge in [0, 0.05) is 0 Å². The van der Waals surface area contributed by atoms with E-state index in [0.29, 0.717) is 11.3 Å². The SMILES string of the molecule is C=C1CCCC(C)(C)[C@@H]1CC/C(C)=C\CCc1ccoc1. The van der Waals surface area contributed by atoms with Crippen LogP contribution in [0.1, 0.15) is 64.9 Å². The Morgan fingerprint density at radius 2 is 2.29 bits per heavy atom. The number of hydrogen-bond acceptors (Lipinski definition) is 1. The van der Waals surface area contributed by atoms with E-state index in [1.165, 1.54) is 48.8 Å². The van der Waals surface area contributed by atoms with E-state index >= 15 is 0 Å². The molecule has 0 spiro atoms. The quantitative estimate of drug-likeness (QED) is 0.557. The Labute approximate surface area is 130 Å². The molecule has 0 saturated heterocycles. The summed E-state index contributed by atoms with van der Waals surface area (Å²) in [6, 6.07) is 2.05. The summed E-state index contributed by atoms with van der Waals surface area (Å²) in [6.07, 6.45) is 14.6. The first-order valence-corrected chi connectivity index (χ1v) is 8.33. The van der Waals surface area contributed by atoms with Crippen LogP contribution in [-0.4, -0.2) is 0 Å². The summed E-state index contributed by atoms with van der Waals surface area (Å²) in [7, 11) is 0. The second-order valence-corrected chi connectivity index (χ2v) is 7.31. The van der Waals surface area contributed by atoms with Crippen LogP contribution >= 0.6 is 0 Å². The fourth-order valence-electron chi connectivity index (χ4n) is 3.66. The molecular weight excluding hydrogens is 256 g/mol. The molecule has 0 aromatic carbocycles. The lowest BCUT2D eigenvalue weighted by Gasteiger charge is -2.40. The number of rotatable bonds is 6. The first-order valence-electron chi connectivity index (χ1n) is 8.33. The molecule has 1 aliphatic carbocycles. The van der Waals surface area contributed by atoms with Crippen LogP contribution in [-0.2, 0) is 6.42 Å². The third-order valence-corrected chi connectivity index (χ3v) is 5.09. The molecule has 0 amide bonds. The van der Waals surface area contributed by atoms with Crippen molar-refractivity contribution in [1.82, 2.24) is 0 Å². The van der Waals surface area contributed by atoms with Crippen molar-refractivity contribution in [3.05, 3.63) is 48.0 Å². The average Bonchev–Trinajstić information content (AvgIpc) is 2.90. The van der Waals surface area contributed by atoms with E-state index in [4.69, 9.17) is 4.42 Å². The third kappa shape index (κ3) is 4.62. The maximum absolute atomic E-state index is 5.10. The zero-order valence-electron chi connectivity index (χ0n) is 14.0. The van der Waals surface area contributed by atoms with Crippen molar-refractivity contribution in [3.63, 3.8) is 0 Å². The lowest BCUT2D eigenvalue weighted by molar-refractivity contribution is 0.180. The molecule has 1 heteroatoms. The number of allylic oxidation sites excluding steroid dienone is 3. The highest BCUT2D eigenvalue weighted by molar-refractivity contribution is 5.12. The van der Waals surface area contributed by atoms with E-state index in [1.807, 2.05) is 6.26 Å². The summed E-state index contributed by atoms with van der Waals surface area (Å²) in [5.41, 5.74) is 4.73. The predicted octanol–water partition coefficient (Wildman–Crippen LogP) is 6.32. The summed E-state index contributed by atoms with van der Waals surface area (Å²) in [6.45, 7) is 11.4. The van der Waals surface area contributed by atoms with Gasteiger partial charge in [-0.3, -0.25) is 0 Å². The van der Waals surface area contributed by atoms with E-state index in [9.17, 15) is 0 Å². The molecule has 1 atom stereocenters. The fourth-order valence-corrected chi connectivity index (χ4v) is 3.66. The van der Waals surface area contributed by atoms with Gasteiger partial charge >= 0.3 is 0 Å². The zero-order chi connectivity index (χ0) is 15.3. The summed E-state index contributed by atoms with van der Waals surface area (Å²) < 4.78 is 5.10. The molecule has 0 unspecified atom stereocenters. The topological polar surface area (TPSA) is 13.1 Å². The van der Waals surface area contributed by atoms with Gasteiger partial charge in [-0.15, -0.1) is 0 Å². The van der Waals surface area contributed by atoms with Gasteiger partial charge in [-0.2, -0.15) is 0 Å². The van der Waals surface area contributed by atoms with Crippen LogP contribution in [0.3, 0.4) is 0 Å². The van der Waals surface area contributed by atoms with Crippen molar-refractivity contribution in [1.29, 1.82) is 0 Å². The van der Waals surface area contributed by atoms with E-state index < -0.39 is 0 Å². The summed E-state index contributed by atoms with van der Waals surface area (Å²) in [5, 5.41) is 0. The largest absolute Gasteiger partial charge is 0.472 e. The Morgan fingerprint density at radius 3 is 2.95 bits per heavy atom. The van der Waals surface area contributed by atoms with Crippen molar-refractivity contribution in [3.8, 4) is 0 Å². The minimum absolute atomic E-state index is 0.437. The van der Waals surface area contributed by atoms with E-state index in [2.05, 4.69) is 39.5 Å². The molecule has 1 nitrogen and oxygen atoms in total. The van der Waals surface area contributed by atoms with Crippen LogP contribution in [0.15, 0.2) is 46.8 Å². The Bertz CT molecular complexity index is 476. The minimum Gasteiger partial charge on any atom is -0.472 e. The number of aryl methyl sites for hydroxylation is 1. The second-order valence-electron chi connectivity index (χ2n) is 7.31. The lowest BCUT2D eigenvalue weighted by atomic mass is 9.65. The van der Waals surface area contributed by atoms with Crippen LogP contribution < -0.4 is 0 Å². The highest BCUT2D eigenvalue weighted by atomic mass is 16.3. The number of furan rings is 1. The molecule has 1 fully saturated rings. The molecule has 0 radical (unpaired) electrons. The van der Waals surface area contributed by atoms with E-state index in [1.54, 1.807) is 6.26 Å². The van der Waals surface area contributed by atoms with Crippen LogP contribution in [0.2, 0.25) is 0 Å². The van der Waals surface area contributed by atoms with Gasteiger partial charge in [0.1, 0.15) is 0 Å². The molecular formula is C20H30O. The van der Waals surface area contributed by atoms with Gasteiger partial charge < -0.3 is 4.42 Å². The van der Waals surface area contributed by atoms with Crippen molar-refractivity contribution in [2.24, 2.45) is 11.3 Å². The predicted molar refractivity (Wildman–Crippen MR) is 90.3 cm³/mol. The third-order valence-electron chi connectivity index (χ3n) is 5.09. The van der Waals surface area contributed by atoms with Gasteiger partial charge in [0.05, 0.1) is 12.5 Å². The minimum atomic E-state index is 0.437. The highest BCUT2D eigenvalue weighted by Gasteiger charge is 2.33. The molecule has 1 heterocycles. The summed E-state index contributed by atoms with van der Waals surface area (Å²) in [5.74, 6) is 0.698. The standard InChI is InChI=1S/C20H30O/c1-16(7-5-9-18-12-14-21-15-18)10-11-19-17(2)8-6-13-20(19,3)4/h7,12,14-15,19H,2,5-6,8-11,13H2,1,3-4H3/b16-7-/t19-/m1/s1. The maximum atomic E-state index is 5.10. The smallest absolute Gasteiger partial charge is 0.0934 e. The number of hydrogen-bond donors (Lipinski definition) is 0. The highest BCUT2D eigenvalue weighted by Crippen LogP contribution is 2.45.